The molecule has 1 fully saturated rings. The van der Waals surface area contributed by atoms with Gasteiger partial charge in [-0.05, 0) is 84.8 Å². The van der Waals surface area contributed by atoms with Gasteiger partial charge in [0.15, 0.2) is 0 Å². The molecule has 0 atom stereocenters. The van der Waals surface area contributed by atoms with Crippen molar-refractivity contribution >= 4 is 10.8 Å². The van der Waals surface area contributed by atoms with Gasteiger partial charge in [0, 0.05) is 6.54 Å². The van der Waals surface area contributed by atoms with Crippen LogP contribution in [0.2, 0.25) is 0 Å². The van der Waals surface area contributed by atoms with Gasteiger partial charge in [-0.2, -0.15) is 13.2 Å². The number of benzene rings is 3. The molecule has 1 heterocycles. The molecule has 4 rings (SSSR count). The topological polar surface area (TPSA) is 3.24 Å². The summed E-state index contributed by atoms with van der Waals surface area (Å²) in [5.74, 6) is 0.658. The predicted molar refractivity (Wildman–Crippen MR) is 112 cm³/mol. The summed E-state index contributed by atoms with van der Waals surface area (Å²) in [6.45, 7) is 3.16. The van der Waals surface area contributed by atoms with Gasteiger partial charge in [-0.15, -0.1) is 0 Å². The van der Waals surface area contributed by atoms with Crippen molar-refractivity contribution in [2.24, 2.45) is 5.92 Å². The normalized spacial score (nSPS) is 16.4. The van der Waals surface area contributed by atoms with Gasteiger partial charge in [0.2, 0.25) is 0 Å². The fourth-order valence-corrected chi connectivity index (χ4v) is 4.26. The Morgan fingerprint density at radius 2 is 1.45 bits per heavy atom. The summed E-state index contributed by atoms with van der Waals surface area (Å²) in [7, 11) is 0. The van der Waals surface area contributed by atoms with Crippen molar-refractivity contribution in [1.82, 2.24) is 4.90 Å². The minimum absolute atomic E-state index is 0.566. The molecule has 1 aliphatic heterocycles. The standard InChI is InChI=1S/C25H26F3N/c26-25(27,28)24-11-8-19(9-12-24)5-6-20-13-15-29(16-14-20)18-21-7-10-22-3-1-2-4-23(22)17-21/h1-4,7-12,17,20H,5-6,13-16,18H2. The van der Waals surface area contributed by atoms with E-state index >= 15 is 0 Å². The van der Waals surface area contributed by atoms with Gasteiger partial charge >= 0.3 is 6.18 Å². The lowest BCUT2D eigenvalue weighted by molar-refractivity contribution is -0.137. The minimum atomic E-state index is -4.25. The van der Waals surface area contributed by atoms with E-state index in [1.165, 1.54) is 28.5 Å². The molecule has 4 heteroatoms. The van der Waals surface area contributed by atoms with E-state index in [4.69, 9.17) is 0 Å². The number of likely N-dealkylation sites (tertiary alicyclic amines) is 1. The molecular weight excluding hydrogens is 371 g/mol. The zero-order chi connectivity index (χ0) is 20.3. The molecule has 0 amide bonds. The number of piperidine rings is 1. The molecule has 0 unspecified atom stereocenters. The highest BCUT2D eigenvalue weighted by Gasteiger charge is 2.30. The van der Waals surface area contributed by atoms with Gasteiger partial charge in [0.25, 0.3) is 0 Å². The van der Waals surface area contributed by atoms with Crippen LogP contribution in [0.3, 0.4) is 0 Å². The second kappa shape index (κ2) is 8.58. The fraction of sp³-hybridized carbons (Fsp3) is 0.360. The number of rotatable bonds is 5. The first-order valence-electron chi connectivity index (χ1n) is 10.3. The molecule has 3 aromatic rings. The molecule has 1 aliphatic rings. The third-order valence-corrected chi connectivity index (χ3v) is 6.05. The lowest BCUT2D eigenvalue weighted by atomic mass is 9.90. The van der Waals surface area contributed by atoms with Crippen molar-refractivity contribution < 1.29 is 13.2 Å². The Morgan fingerprint density at radius 1 is 0.793 bits per heavy atom. The van der Waals surface area contributed by atoms with Gasteiger partial charge in [-0.1, -0.05) is 48.5 Å². The lowest BCUT2D eigenvalue weighted by Crippen LogP contribution is -2.33. The maximum Gasteiger partial charge on any atom is 0.416 e. The quantitative estimate of drug-likeness (QED) is 0.463. The van der Waals surface area contributed by atoms with E-state index in [1.807, 2.05) is 0 Å². The summed E-state index contributed by atoms with van der Waals surface area (Å²) in [5.41, 5.74) is 1.78. The molecular formula is C25H26F3N. The van der Waals surface area contributed by atoms with E-state index in [0.29, 0.717) is 5.92 Å². The molecule has 29 heavy (non-hydrogen) atoms. The van der Waals surface area contributed by atoms with E-state index in [2.05, 4.69) is 47.4 Å². The Labute approximate surface area is 170 Å². The third kappa shape index (κ3) is 5.18. The van der Waals surface area contributed by atoms with Gasteiger partial charge < -0.3 is 0 Å². The molecule has 0 N–H and O–H groups in total. The van der Waals surface area contributed by atoms with Crippen LogP contribution in [0.5, 0.6) is 0 Å². The second-order valence-corrected chi connectivity index (χ2v) is 8.13. The summed E-state index contributed by atoms with van der Waals surface area (Å²) in [4.78, 5) is 2.51. The number of hydrogen-bond donors (Lipinski definition) is 0. The van der Waals surface area contributed by atoms with Crippen molar-refractivity contribution in [2.45, 2.75) is 38.4 Å². The van der Waals surface area contributed by atoms with Crippen LogP contribution in [0.25, 0.3) is 10.8 Å². The van der Waals surface area contributed by atoms with Crippen molar-refractivity contribution in [1.29, 1.82) is 0 Å². The second-order valence-electron chi connectivity index (χ2n) is 8.13. The van der Waals surface area contributed by atoms with Crippen molar-refractivity contribution in [3.8, 4) is 0 Å². The molecule has 0 bridgehead atoms. The van der Waals surface area contributed by atoms with E-state index < -0.39 is 11.7 Å². The molecule has 0 radical (unpaired) electrons. The largest absolute Gasteiger partial charge is 0.416 e. The van der Waals surface area contributed by atoms with Crippen molar-refractivity contribution in [3.05, 3.63) is 83.4 Å². The van der Waals surface area contributed by atoms with Gasteiger partial charge in [0.1, 0.15) is 0 Å². The highest BCUT2D eigenvalue weighted by atomic mass is 19.4. The monoisotopic (exact) mass is 397 g/mol. The maximum absolute atomic E-state index is 12.7. The molecule has 1 nitrogen and oxygen atoms in total. The maximum atomic E-state index is 12.7. The van der Waals surface area contributed by atoms with E-state index in [9.17, 15) is 13.2 Å². The predicted octanol–water partition coefficient (Wildman–Crippen LogP) is 6.70. The first-order chi connectivity index (χ1) is 14.0. The average Bonchev–Trinajstić information content (AvgIpc) is 2.73. The summed E-state index contributed by atoms with van der Waals surface area (Å²) < 4.78 is 38.0. The molecule has 0 saturated carbocycles. The fourth-order valence-electron chi connectivity index (χ4n) is 4.26. The number of fused-ring (bicyclic) bond motifs is 1. The summed E-state index contributed by atoms with van der Waals surface area (Å²) in [5, 5.41) is 2.56. The number of alkyl halides is 3. The minimum Gasteiger partial charge on any atom is -0.299 e. The molecule has 152 valence electrons. The molecule has 0 aromatic heterocycles. The molecule has 3 aromatic carbocycles. The Morgan fingerprint density at radius 3 is 2.14 bits per heavy atom. The smallest absolute Gasteiger partial charge is 0.299 e. The average molecular weight is 397 g/mol. The summed E-state index contributed by atoms with van der Waals surface area (Å²) in [6.07, 6.45) is -0.0263. The van der Waals surface area contributed by atoms with E-state index in [0.717, 1.165) is 50.9 Å². The number of nitrogens with zero attached hydrogens (tertiary/aromatic N) is 1. The van der Waals surface area contributed by atoms with E-state index in [-0.39, 0.29) is 0 Å². The van der Waals surface area contributed by atoms with Gasteiger partial charge in [-0.25, -0.2) is 0 Å². The summed E-state index contributed by atoms with van der Waals surface area (Å²) >= 11 is 0. The third-order valence-electron chi connectivity index (χ3n) is 6.05. The van der Waals surface area contributed by atoms with Crippen LogP contribution in [0.15, 0.2) is 66.7 Å². The molecule has 0 aliphatic carbocycles. The van der Waals surface area contributed by atoms with Gasteiger partial charge in [0.05, 0.1) is 5.56 Å². The van der Waals surface area contributed by atoms with Crippen molar-refractivity contribution in [2.75, 3.05) is 13.1 Å². The Kier molecular flexibility index (Phi) is 5.91. The van der Waals surface area contributed by atoms with Crippen LogP contribution in [-0.4, -0.2) is 18.0 Å². The zero-order valence-corrected chi connectivity index (χ0v) is 16.5. The van der Waals surface area contributed by atoms with Crippen LogP contribution in [0, 0.1) is 5.92 Å². The highest BCUT2D eigenvalue weighted by molar-refractivity contribution is 5.82. The SMILES string of the molecule is FC(F)(F)c1ccc(CCC2CCN(Cc3ccc4ccccc4c3)CC2)cc1. The van der Waals surface area contributed by atoms with Crippen LogP contribution in [0.1, 0.15) is 36.0 Å². The van der Waals surface area contributed by atoms with Crippen molar-refractivity contribution in [3.63, 3.8) is 0 Å². The van der Waals surface area contributed by atoms with Crippen LogP contribution in [-0.2, 0) is 19.1 Å². The van der Waals surface area contributed by atoms with Crippen LogP contribution >= 0.6 is 0 Å². The first kappa shape index (κ1) is 20.0. The zero-order valence-electron chi connectivity index (χ0n) is 16.5. The van der Waals surface area contributed by atoms with Crippen LogP contribution in [0.4, 0.5) is 13.2 Å². The summed E-state index contributed by atoms with van der Waals surface area (Å²) in [6, 6.07) is 20.8. The Balaban J connectivity index is 1.25. The van der Waals surface area contributed by atoms with Crippen LogP contribution < -0.4 is 0 Å². The number of halogens is 3. The first-order valence-corrected chi connectivity index (χ1v) is 10.3. The molecule has 0 spiro atoms. The number of hydrogen-bond acceptors (Lipinski definition) is 1. The molecule has 1 saturated heterocycles. The Hall–Kier alpha value is -2.33. The lowest BCUT2D eigenvalue weighted by Gasteiger charge is -2.32. The van der Waals surface area contributed by atoms with E-state index in [1.54, 1.807) is 12.1 Å². The highest BCUT2D eigenvalue weighted by Crippen LogP contribution is 2.30. The van der Waals surface area contributed by atoms with Gasteiger partial charge in [-0.3, -0.25) is 4.90 Å². The Bertz CT molecular complexity index is 938. The number of aryl methyl sites for hydroxylation is 1.